The first-order valence-electron chi connectivity index (χ1n) is 5.39. The smallest absolute Gasteiger partial charge is 0.186 e. The van der Waals surface area contributed by atoms with E-state index in [1.807, 2.05) is 24.4 Å². The van der Waals surface area contributed by atoms with Gasteiger partial charge in [-0.25, -0.2) is 0 Å². The Morgan fingerprint density at radius 2 is 1.94 bits per heavy atom. The lowest BCUT2D eigenvalue weighted by atomic mass is 10.1. The fraction of sp³-hybridized carbons (Fsp3) is 0.333. The van der Waals surface area contributed by atoms with Gasteiger partial charge in [-0.2, -0.15) is 0 Å². The first kappa shape index (κ1) is 9.84. The topological polar surface area (TPSA) is 60.3 Å². The molecule has 0 unspecified atom stereocenters. The van der Waals surface area contributed by atoms with E-state index in [4.69, 9.17) is 15.2 Å². The number of aromatic amines is 1. The molecule has 0 bridgehead atoms. The van der Waals surface area contributed by atoms with Crippen molar-refractivity contribution in [2.24, 2.45) is 5.73 Å². The highest BCUT2D eigenvalue weighted by Crippen LogP contribution is 2.29. The van der Waals surface area contributed by atoms with Crippen molar-refractivity contribution in [3.05, 3.63) is 36.0 Å². The standard InChI is InChI=1S/C12H14N2O2/c13-8-6-15-12(16-7-8)10-5-14-11-4-2-1-3-9(10)11/h1-5,8,12,14H,6-7,13H2. The van der Waals surface area contributed by atoms with Crippen molar-refractivity contribution in [2.45, 2.75) is 12.3 Å². The number of H-pyrrole nitrogens is 1. The maximum atomic E-state index is 5.71. The van der Waals surface area contributed by atoms with Gasteiger partial charge >= 0.3 is 0 Å². The van der Waals surface area contributed by atoms with Crippen LogP contribution in [0.4, 0.5) is 0 Å². The number of rotatable bonds is 1. The Balaban J connectivity index is 1.94. The van der Waals surface area contributed by atoms with Crippen LogP contribution in [0.1, 0.15) is 11.9 Å². The maximum Gasteiger partial charge on any atom is 0.186 e. The van der Waals surface area contributed by atoms with Crippen LogP contribution in [0.5, 0.6) is 0 Å². The molecule has 4 nitrogen and oxygen atoms in total. The van der Waals surface area contributed by atoms with Gasteiger partial charge < -0.3 is 20.2 Å². The molecular formula is C12H14N2O2. The summed E-state index contributed by atoms with van der Waals surface area (Å²) in [5.41, 5.74) is 7.85. The van der Waals surface area contributed by atoms with Crippen molar-refractivity contribution in [3.63, 3.8) is 0 Å². The Kier molecular flexibility index (Phi) is 2.40. The number of hydrogen-bond acceptors (Lipinski definition) is 3. The molecule has 0 amide bonds. The Labute approximate surface area is 93.3 Å². The van der Waals surface area contributed by atoms with Crippen LogP contribution in [0.2, 0.25) is 0 Å². The fourth-order valence-electron chi connectivity index (χ4n) is 1.99. The molecule has 3 N–H and O–H groups in total. The molecule has 2 aromatic rings. The summed E-state index contributed by atoms with van der Waals surface area (Å²) in [4.78, 5) is 3.21. The second-order valence-corrected chi connectivity index (χ2v) is 4.05. The Hall–Kier alpha value is -1.36. The minimum atomic E-state index is -0.295. The second kappa shape index (κ2) is 3.90. The summed E-state index contributed by atoms with van der Waals surface area (Å²) in [6, 6.07) is 8.09. The summed E-state index contributed by atoms with van der Waals surface area (Å²) in [7, 11) is 0. The van der Waals surface area contributed by atoms with Gasteiger partial charge in [-0.1, -0.05) is 18.2 Å². The number of fused-ring (bicyclic) bond motifs is 1. The predicted octanol–water partition coefficient (Wildman–Crippen LogP) is 1.54. The van der Waals surface area contributed by atoms with Crippen molar-refractivity contribution < 1.29 is 9.47 Å². The van der Waals surface area contributed by atoms with Crippen LogP contribution in [-0.4, -0.2) is 24.2 Å². The quantitative estimate of drug-likeness (QED) is 0.763. The van der Waals surface area contributed by atoms with E-state index < -0.39 is 0 Å². The van der Waals surface area contributed by atoms with Crippen molar-refractivity contribution >= 4 is 10.9 Å². The van der Waals surface area contributed by atoms with Gasteiger partial charge in [-0.05, 0) is 6.07 Å². The van der Waals surface area contributed by atoms with Crippen molar-refractivity contribution in [3.8, 4) is 0 Å². The molecule has 1 aliphatic heterocycles. The monoisotopic (exact) mass is 218 g/mol. The minimum Gasteiger partial charge on any atom is -0.361 e. The SMILES string of the molecule is NC1COC(c2c[nH]c3ccccc23)OC1. The highest BCUT2D eigenvalue weighted by molar-refractivity contribution is 5.83. The Bertz CT molecular complexity index is 486. The molecular weight excluding hydrogens is 204 g/mol. The Morgan fingerprint density at radius 3 is 2.75 bits per heavy atom. The maximum absolute atomic E-state index is 5.71. The number of aromatic nitrogens is 1. The number of nitrogens with two attached hydrogens (primary N) is 1. The average Bonchev–Trinajstić information content (AvgIpc) is 2.74. The first-order valence-corrected chi connectivity index (χ1v) is 5.39. The van der Waals surface area contributed by atoms with Gasteiger partial charge in [0.25, 0.3) is 0 Å². The summed E-state index contributed by atoms with van der Waals surface area (Å²) in [5, 5.41) is 1.14. The van der Waals surface area contributed by atoms with Gasteiger partial charge in [0.2, 0.25) is 0 Å². The van der Waals surface area contributed by atoms with Crippen molar-refractivity contribution in [1.82, 2.24) is 4.98 Å². The Morgan fingerprint density at radius 1 is 1.19 bits per heavy atom. The van der Waals surface area contributed by atoms with Crippen LogP contribution in [0.15, 0.2) is 30.5 Å². The van der Waals surface area contributed by atoms with E-state index in [-0.39, 0.29) is 12.3 Å². The van der Waals surface area contributed by atoms with Crippen LogP contribution in [-0.2, 0) is 9.47 Å². The molecule has 0 aliphatic carbocycles. The van der Waals surface area contributed by atoms with E-state index in [1.165, 1.54) is 0 Å². The van der Waals surface area contributed by atoms with Crippen LogP contribution in [0.25, 0.3) is 10.9 Å². The average molecular weight is 218 g/mol. The molecule has 1 aromatic carbocycles. The van der Waals surface area contributed by atoms with Gasteiger partial charge in [0.1, 0.15) is 0 Å². The molecule has 1 fully saturated rings. The van der Waals surface area contributed by atoms with E-state index in [2.05, 4.69) is 11.1 Å². The molecule has 1 aromatic heterocycles. The summed E-state index contributed by atoms with van der Waals surface area (Å²) in [6.45, 7) is 1.09. The summed E-state index contributed by atoms with van der Waals surface area (Å²) < 4.78 is 11.2. The molecule has 0 spiro atoms. The number of hydrogen-bond donors (Lipinski definition) is 2. The van der Waals surface area contributed by atoms with Crippen LogP contribution < -0.4 is 5.73 Å². The zero-order valence-electron chi connectivity index (χ0n) is 8.85. The summed E-state index contributed by atoms with van der Waals surface area (Å²) in [5.74, 6) is 0. The highest BCUT2D eigenvalue weighted by Gasteiger charge is 2.23. The summed E-state index contributed by atoms with van der Waals surface area (Å²) >= 11 is 0. The van der Waals surface area contributed by atoms with Crippen molar-refractivity contribution in [2.75, 3.05) is 13.2 Å². The molecule has 0 atom stereocenters. The van der Waals surface area contributed by atoms with Crippen LogP contribution >= 0.6 is 0 Å². The van der Waals surface area contributed by atoms with Crippen LogP contribution in [0, 0.1) is 0 Å². The largest absolute Gasteiger partial charge is 0.361 e. The van der Waals surface area contributed by atoms with Crippen LogP contribution in [0.3, 0.4) is 0 Å². The lowest BCUT2D eigenvalue weighted by molar-refractivity contribution is -0.189. The third-order valence-electron chi connectivity index (χ3n) is 2.80. The molecule has 84 valence electrons. The molecule has 1 aliphatic rings. The highest BCUT2D eigenvalue weighted by atomic mass is 16.7. The number of ether oxygens (including phenoxy) is 2. The van der Waals surface area contributed by atoms with E-state index in [9.17, 15) is 0 Å². The third kappa shape index (κ3) is 1.61. The zero-order valence-corrected chi connectivity index (χ0v) is 8.85. The van der Waals surface area contributed by atoms with Gasteiger partial charge in [0, 0.05) is 22.7 Å². The van der Waals surface area contributed by atoms with Gasteiger partial charge in [0.15, 0.2) is 6.29 Å². The molecule has 0 saturated carbocycles. The van der Waals surface area contributed by atoms with E-state index in [0.717, 1.165) is 16.5 Å². The van der Waals surface area contributed by atoms with Gasteiger partial charge in [-0.3, -0.25) is 0 Å². The predicted molar refractivity (Wildman–Crippen MR) is 60.9 cm³/mol. The number of para-hydroxylation sites is 1. The number of nitrogens with one attached hydrogen (secondary N) is 1. The molecule has 0 radical (unpaired) electrons. The lowest BCUT2D eigenvalue weighted by Crippen LogP contribution is -2.37. The molecule has 3 rings (SSSR count). The van der Waals surface area contributed by atoms with Gasteiger partial charge in [0.05, 0.1) is 19.3 Å². The van der Waals surface area contributed by atoms with E-state index >= 15 is 0 Å². The number of benzene rings is 1. The fourth-order valence-corrected chi connectivity index (χ4v) is 1.99. The molecule has 2 heterocycles. The normalized spacial score (nSPS) is 26.1. The van der Waals surface area contributed by atoms with Crippen molar-refractivity contribution in [1.29, 1.82) is 0 Å². The lowest BCUT2D eigenvalue weighted by Gasteiger charge is -2.26. The molecule has 4 heteroatoms. The molecule has 16 heavy (non-hydrogen) atoms. The van der Waals surface area contributed by atoms with Gasteiger partial charge in [-0.15, -0.1) is 0 Å². The second-order valence-electron chi connectivity index (χ2n) is 4.05. The zero-order chi connectivity index (χ0) is 11.0. The minimum absolute atomic E-state index is 0.0125. The third-order valence-corrected chi connectivity index (χ3v) is 2.80. The first-order chi connectivity index (χ1) is 7.84. The summed E-state index contributed by atoms with van der Waals surface area (Å²) in [6.07, 6.45) is 1.64. The van der Waals surface area contributed by atoms with E-state index in [1.54, 1.807) is 0 Å². The van der Waals surface area contributed by atoms with E-state index in [0.29, 0.717) is 13.2 Å². The molecule has 1 saturated heterocycles.